The van der Waals surface area contributed by atoms with Crippen LogP contribution in [0.2, 0.25) is 24.2 Å². The van der Waals surface area contributed by atoms with Gasteiger partial charge < -0.3 is 21.2 Å². The number of methoxy groups -OCH3 is 1. The standard InChI is InChI=1S/C11H30O5Si4/c1-7-17-13-18(8-2)15-20(10-4,11(5)12-6)16-19(9-3)14-17/h11,17-19H,7-10H2,1-6H3. The van der Waals surface area contributed by atoms with Crippen molar-refractivity contribution in [2.45, 2.75) is 64.5 Å². The third-order valence-corrected chi connectivity index (χ3v) is 18.3. The summed E-state index contributed by atoms with van der Waals surface area (Å²) in [6.07, 6.45) is 0. The van der Waals surface area contributed by atoms with E-state index in [0.29, 0.717) is 0 Å². The van der Waals surface area contributed by atoms with Gasteiger partial charge in [-0.2, -0.15) is 0 Å². The van der Waals surface area contributed by atoms with Gasteiger partial charge in [-0.3, -0.25) is 0 Å². The van der Waals surface area contributed by atoms with Crippen LogP contribution in [0.25, 0.3) is 0 Å². The molecule has 3 unspecified atom stereocenters. The van der Waals surface area contributed by atoms with Gasteiger partial charge in [-0.25, -0.2) is 0 Å². The van der Waals surface area contributed by atoms with E-state index in [1.54, 1.807) is 7.11 Å². The summed E-state index contributed by atoms with van der Waals surface area (Å²) in [6.45, 7) is 10.6. The lowest BCUT2D eigenvalue weighted by Crippen LogP contribution is -2.61. The highest BCUT2D eigenvalue weighted by Crippen LogP contribution is 2.27. The van der Waals surface area contributed by atoms with Gasteiger partial charge in [0.05, 0.1) is 5.73 Å². The van der Waals surface area contributed by atoms with Gasteiger partial charge in [-0.05, 0) is 31.1 Å². The minimum atomic E-state index is -2.38. The zero-order chi connectivity index (χ0) is 15.2. The van der Waals surface area contributed by atoms with Gasteiger partial charge >= 0.3 is 36.4 Å². The van der Waals surface area contributed by atoms with Gasteiger partial charge in [0.15, 0.2) is 0 Å². The SMILES string of the molecule is CC[SiH]1O[SiH](CC)O[Si](CC)(C(C)OC)O[SiH](CC)O1. The lowest BCUT2D eigenvalue weighted by atomic mass is 10.8. The Balaban J connectivity index is 2.98. The molecule has 5 nitrogen and oxygen atoms in total. The molecule has 0 spiro atoms. The molecule has 1 aliphatic heterocycles. The first-order valence-electron chi connectivity index (χ1n) is 7.74. The van der Waals surface area contributed by atoms with Crippen molar-refractivity contribution in [1.82, 2.24) is 0 Å². The zero-order valence-corrected chi connectivity index (χ0v) is 18.1. The lowest BCUT2D eigenvalue weighted by molar-refractivity contribution is 0.125. The highest BCUT2D eigenvalue weighted by atomic mass is 28.5. The summed E-state index contributed by atoms with van der Waals surface area (Å²) >= 11 is 0. The molecule has 1 heterocycles. The molecular weight excluding hydrogens is 324 g/mol. The van der Waals surface area contributed by atoms with E-state index in [1.165, 1.54) is 0 Å². The second kappa shape index (κ2) is 8.95. The Morgan fingerprint density at radius 2 is 1.35 bits per heavy atom. The monoisotopic (exact) mass is 354 g/mol. The molecule has 1 fully saturated rings. The average Bonchev–Trinajstić information content (AvgIpc) is 2.47. The number of ether oxygens (including phenoxy) is 1. The molecule has 9 heteroatoms. The molecule has 0 aromatic carbocycles. The second-order valence-corrected chi connectivity index (χ2v) is 17.3. The first-order chi connectivity index (χ1) is 9.54. The minimum Gasteiger partial charge on any atom is -0.420 e. The van der Waals surface area contributed by atoms with E-state index >= 15 is 0 Å². The molecule has 1 saturated heterocycles. The molecule has 3 atom stereocenters. The molecule has 0 amide bonds. The molecule has 0 N–H and O–H groups in total. The number of rotatable bonds is 6. The molecule has 20 heavy (non-hydrogen) atoms. The van der Waals surface area contributed by atoms with Crippen LogP contribution in [-0.4, -0.2) is 49.2 Å². The summed E-state index contributed by atoms with van der Waals surface area (Å²) < 4.78 is 31.0. The Morgan fingerprint density at radius 1 is 0.900 bits per heavy atom. The van der Waals surface area contributed by atoms with Crippen LogP contribution >= 0.6 is 0 Å². The summed E-state index contributed by atoms with van der Waals surface area (Å²) in [5, 5.41) is 0. The topological polar surface area (TPSA) is 46.2 Å². The van der Waals surface area contributed by atoms with Crippen LogP contribution in [-0.2, 0) is 21.2 Å². The van der Waals surface area contributed by atoms with Crippen LogP contribution in [0.15, 0.2) is 0 Å². The molecule has 1 aliphatic rings. The van der Waals surface area contributed by atoms with E-state index in [0.717, 1.165) is 24.2 Å². The smallest absolute Gasteiger partial charge is 0.349 e. The van der Waals surface area contributed by atoms with E-state index in [4.69, 9.17) is 21.2 Å². The van der Waals surface area contributed by atoms with Crippen LogP contribution in [0.5, 0.6) is 0 Å². The largest absolute Gasteiger partial charge is 0.420 e. The predicted octanol–water partition coefficient (Wildman–Crippen LogP) is 1.82. The molecule has 0 aromatic heterocycles. The molecule has 0 radical (unpaired) electrons. The second-order valence-electron chi connectivity index (χ2n) is 5.06. The first-order valence-corrected chi connectivity index (χ1v) is 15.1. The molecule has 0 aromatic rings. The summed E-state index contributed by atoms with van der Waals surface area (Å²) in [6, 6.07) is 3.79. The van der Waals surface area contributed by atoms with Crippen molar-refractivity contribution < 1.29 is 21.2 Å². The molecule has 0 bridgehead atoms. The van der Waals surface area contributed by atoms with E-state index in [-0.39, 0.29) is 5.73 Å². The van der Waals surface area contributed by atoms with E-state index in [2.05, 4.69) is 34.6 Å². The molecule has 0 aliphatic carbocycles. The van der Waals surface area contributed by atoms with Gasteiger partial charge in [0.1, 0.15) is 0 Å². The molecule has 120 valence electrons. The maximum absolute atomic E-state index is 6.49. The normalized spacial score (nSPS) is 37.2. The first kappa shape index (κ1) is 18.7. The van der Waals surface area contributed by atoms with Crippen molar-refractivity contribution in [2.75, 3.05) is 7.11 Å². The van der Waals surface area contributed by atoms with Gasteiger partial charge in [0.2, 0.25) is 0 Å². The molecular formula is C11H30O5Si4. The van der Waals surface area contributed by atoms with Crippen molar-refractivity contribution in [3.63, 3.8) is 0 Å². The van der Waals surface area contributed by atoms with Crippen LogP contribution in [0.1, 0.15) is 34.6 Å². The van der Waals surface area contributed by atoms with Gasteiger partial charge in [0.25, 0.3) is 0 Å². The Kier molecular flexibility index (Phi) is 8.38. The van der Waals surface area contributed by atoms with Crippen molar-refractivity contribution >= 4 is 36.4 Å². The Labute approximate surface area is 129 Å². The quantitative estimate of drug-likeness (QED) is 0.681. The summed E-state index contributed by atoms with van der Waals surface area (Å²) in [7, 11) is -5.61. The Morgan fingerprint density at radius 3 is 1.65 bits per heavy atom. The fourth-order valence-electron chi connectivity index (χ4n) is 2.28. The average molecular weight is 355 g/mol. The van der Waals surface area contributed by atoms with Gasteiger partial charge in [-0.15, -0.1) is 0 Å². The molecule has 0 saturated carbocycles. The highest BCUT2D eigenvalue weighted by Gasteiger charge is 2.48. The lowest BCUT2D eigenvalue weighted by Gasteiger charge is -2.42. The van der Waals surface area contributed by atoms with Gasteiger partial charge in [0, 0.05) is 7.11 Å². The summed E-state index contributed by atoms with van der Waals surface area (Å²) in [4.78, 5) is 0. The molecule has 1 rings (SSSR count). The fraction of sp³-hybridized carbons (Fsp3) is 1.00. The summed E-state index contributed by atoms with van der Waals surface area (Å²) in [5.41, 5.74) is 0.0163. The third kappa shape index (κ3) is 4.58. The van der Waals surface area contributed by atoms with Crippen LogP contribution in [0.4, 0.5) is 0 Å². The van der Waals surface area contributed by atoms with E-state index in [1.807, 2.05) is 0 Å². The fourth-order valence-corrected chi connectivity index (χ4v) is 19.8. The maximum Gasteiger partial charge on any atom is 0.349 e. The van der Waals surface area contributed by atoms with Crippen molar-refractivity contribution in [3.05, 3.63) is 0 Å². The van der Waals surface area contributed by atoms with Crippen molar-refractivity contribution in [1.29, 1.82) is 0 Å². The van der Waals surface area contributed by atoms with Crippen molar-refractivity contribution in [2.24, 2.45) is 0 Å². The Hall–Kier alpha value is 0.668. The van der Waals surface area contributed by atoms with E-state index < -0.39 is 36.4 Å². The van der Waals surface area contributed by atoms with Crippen molar-refractivity contribution in [3.8, 4) is 0 Å². The highest BCUT2D eigenvalue weighted by molar-refractivity contribution is 6.83. The van der Waals surface area contributed by atoms with Crippen LogP contribution in [0.3, 0.4) is 0 Å². The predicted molar refractivity (Wildman–Crippen MR) is 89.9 cm³/mol. The Bertz CT molecular complexity index is 268. The van der Waals surface area contributed by atoms with Crippen LogP contribution < -0.4 is 0 Å². The van der Waals surface area contributed by atoms with Gasteiger partial charge in [-0.1, -0.05) is 27.7 Å². The zero-order valence-electron chi connectivity index (χ0n) is 13.7. The number of hydrogen-bond acceptors (Lipinski definition) is 5. The van der Waals surface area contributed by atoms with Crippen LogP contribution in [0, 0.1) is 0 Å². The minimum absolute atomic E-state index is 0.0163. The summed E-state index contributed by atoms with van der Waals surface area (Å²) in [5.74, 6) is 0. The number of hydrogen-bond donors (Lipinski definition) is 0. The van der Waals surface area contributed by atoms with E-state index in [9.17, 15) is 0 Å². The maximum atomic E-state index is 6.49. The third-order valence-electron chi connectivity index (χ3n) is 3.73.